The summed E-state index contributed by atoms with van der Waals surface area (Å²) >= 11 is 0. The Kier molecular flexibility index (Phi) is 8.22. The van der Waals surface area contributed by atoms with Gasteiger partial charge in [-0.1, -0.05) is 17.3 Å². The van der Waals surface area contributed by atoms with Crippen LogP contribution in [-0.4, -0.2) is 46.9 Å². The minimum Gasteiger partial charge on any atom is -0.459 e. The molecule has 0 N–H and O–H groups in total. The van der Waals surface area contributed by atoms with E-state index in [1.54, 1.807) is 34.6 Å². The SMILES string of the molecule is CCOP(=O)(OCC)C(Cc1noc(C2(c3ccc(OC(F)(F)F)cc3)CC2)n1)C(=O)OC(C)(C)C. The highest BCUT2D eigenvalue weighted by Crippen LogP contribution is 2.55. The van der Waals surface area contributed by atoms with Gasteiger partial charge in [0.15, 0.2) is 11.5 Å². The topological polar surface area (TPSA) is 110 Å². The molecule has 0 amide bonds. The molecule has 200 valence electrons. The van der Waals surface area contributed by atoms with Gasteiger partial charge in [0.1, 0.15) is 11.4 Å². The van der Waals surface area contributed by atoms with Crippen molar-refractivity contribution in [1.82, 2.24) is 10.1 Å². The van der Waals surface area contributed by atoms with E-state index in [9.17, 15) is 22.5 Å². The van der Waals surface area contributed by atoms with Crippen LogP contribution in [-0.2, 0) is 35.0 Å². The summed E-state index contributed by atoms with van der Waals surface area (Å²) in [6.45, 7) is 8.41. The molecule has 1 aromatic carbocycles. The molecule has 1 saturated carbocycles. The monoisotopic (exact) mass is 534 g/mol. The fourth-order valence-corrected chi connectivity index (χ4v) is 5.55. The normalized spacial score (nSPS) is 16.4. The van der Waals surface area contributed by atoms with Gasteiger partial charge < -0.3 is 23.0 Å². The number of carbonyl (C=O) groups is 1. The molecule has 0 saturated heterocycles. The van der Waals surface area contributed by atoms with Crippen molar-refractivity contribution in [2.24, 2.45) is 0 Å². The Morgan fingerprint density at radius 1 is 1.11 bits per heavy atom. The fourth-order valence-electron chi connectivity index (χ4n) is 3.70. The zero-order valence-electron chi connectivity index (χ0n) is 20.8. The number of ether oxygens (including phenoxy) is 2. The van der Waals surface area contributed by atoms with E-state index in [-0.39, 0.29) is 37.1 Å². The standard InChI is InChI=1S/C23H30F3N2O7P/c1-6-31-36(30,32-7-2)17(19(29)34-21(3,4)5)14-18-27-20(35-28-18)22(12-13-22)15-8-10-16(11-9-15)33-23(24,25)26/h8-11,17H,6-7,12-14H2,1-5H3. The lowest BCUT2D eigenvalue weighted by atomic mass is 9.96. The van der Waals surface area contributed by atoms with Crippen molar-refractivity contribution in [2.45, 2.75) is 76.9 Å². The number of rotatable bonds is 11. The quantitative estimate of drug-likeness (QED) is 0.270. The molecular weight excluding hydrogens is 504 g/mol. The van der Waals surface area contributed by atoms with E-state index in [4.69, 9.17) is 18.3 Å². The predicted octanol–water partition coefficient (Wildman–Crippen LogP) is 5.57. The van der Waals surface area contributed by atoms with Gasteiger partial charge in [-0.2, -0.15) is 4.98 Å². The average molecular weight is 534 g/mol. The summed E-state index contributed by atoms with van der Waals surface area (Å²) in [6, 6.07) is 5.47. The molecule has 13 heteroatoms. The predicted molar refractivity (Wildman–Crippen MR) is 122 cm³/mol. The van der Waals surface area contributed by atoms with E-state index < -0.39 is 36.6 Å². The molecule has 0 bridgehead atoms. The van der Waals surface area contributed by atoms with E-state index in [1.807, 2.05) is 0 Å². The van der Waals surface area contributed by atoms with Gasteiger partial charge in [-0.05, 0) is 65.2 Å². The molecule has 36 heavy (non-hydrogen) atoms. The molecule has 1 aromatic heterocycles. The number of aromatic nitrogens is 2. The number of hydrogen-bond donors (Lipinski definition) is 0. The van der Waals surface area contributed by atoms with Crippen LogP contribution >= 0.6 is 7.60 Å². The Labute approximate surface area is 207 Å². The van der Waals surface area contributed by atoms with Crippen LogP contribution in [0.3, 0.4) is 0 Å². The zero-order valence-corrected chi connectivity index (χ0v) is 21.6. The lowest BCUT2D eigenvalue weighted by molar-refractivity contribution is -0.274. The average Bonchev–Trinajstić information content (AvgIpc) is 3.41. The number of esters is 1. The summed E-state index contributed by atoms with van der Waals surface area (Å²) in [7, 11) is -3.94. The van der Waals surface area contributed by atoms with Crippen LogP contribution in [0.4, 0.5) is 13.2 Å². The Balaban J connectivity index is 1.85. The first-order valence-corrected chi connectivity index (χ1v) is 13.1. The van der Waals surface area contributed by atoms with E-state index in [0.717, 1.165) is 0 Å². The maximum absolute atomic E-state index is 13.5. The van der Waals surface area contributed by atoms with Crippen LogP contribution in [0, 0.1) is 0 Å². The Morgan fingerprint density at radius 3 is 2.17 bits per heavy atom. The molecule has 0 radical (unpaired) electrons. The van der Waals surface area contributed by atoms with E-state index in [0.29, 0.717) is 18.4 Å². The van der Waals surface area contributed by atoms with Gasteiger partial charge in [-0.25, -0.2) is 0 Å². The first-order chi connectivity index (χ1) is 16.7. The Morgan fingerprint density at radius 2 is 1.69 bits per heavy atom. The van der Waals surface area contributed by atoms with Crippen LogP contribution in [0.25, 0.3) is 0 Å². The van der Waals surface area contributed by atoms with Crippen LogP contribution in [0.15, 0.2) is 28.8 Å². The highest BCUT2D eigenvalue weighted by atomic mass is 31.2. The zero-order chi connectivity index (χ0) is 26.8. The first kappa shape index (κ1) is 28.1. The van der Waals surface area contributed by atoms with Gasteiger partial charge in [0, 0.05) is 6.42 Å². The lowest BCUT2D eigenvalue weighted by Crippen LogP contribution is -2.34. The minimum absolute atomic E-state index is 0.0469. The number of carbonyl (C=O) groups excluding carboxylic acids is 1. The minimum atomic E-state index is -4.78. The van der Waals surface area contributed by atoms with Crippen LogP contribution in [0.1, 0.15) is 64.7 Å². The third-order valence-corrected chi connectivity index (χ3v) is 7.72. The molecule has 9 nitrogen and oxygen atoms in total. The summed E-state index contributed by atoms with van der Waals surface area (Å²) in [5, 5.41) is 3.97. The lowest BCUT2D eigenvalue weighted by Gasteiger charge is -2.27. The molecule has 1 aliphatic carbocycles. The van der Waals surface area contributed by atoms with Crippen molar-refractivity contribution in [3.05, 3.63) is 41.5 Å². The Bertz CT molecular complexity index is 1080. The van der Waals surface area contributed by atoms with Gasteiger partial charge in [0.25, 0.3) is 0 Å². The van der Waals surface area contributed by atoms with Crippen LogP contribution in [0.5, 0.6) is 5.75 Å². The maximum atomic E-state index is 13.5. The summed E-state index contributed by atoms with van der Waals surface area (Å²) < 4.78 is 76.5. The van der Waals surface area contributed by atoms with Crippen molar-refractivity contribution < 1.29 is 45.6 Å². The highest BCUT2D eigenvalue weighted by molar-refractivity contribution is 7.55. The summed E-state index contributed by atoms with van der Waals surface area (Å²) in [5.74, 6) is -0.770. The van der Waals surface area contributed by atoms with E-state index in [1.165, 1.54) is 24.3 Å². The van der Waals surface area contributed by atoms with E-state index >= 15 is 0 Å². The molecule has 1 aliphatic rings. The van der Waals surface area contributed by atoms with Gasteiger partial charge >= 0.3 is 19.9 Å². The Hall–Kier alpha value is -2.43. The first-order valence-electron chi connectivity index (χ1n) is 11.5. The number of alkyl halides is 3. The molecule has 0 aliphatic heterocycles. The second-order valence-electron chi connectivity index (χ2n) is 9.30. The van der Waals surface area contributed by atoms with Crippen molar-refractivity contribution in [3.8, 4) is 5.75 Å². The number of hydrogen-bond acceptors (Lipinski definition) is 9. The molecule has 1 atom stereocenters. The number of halogens is 3. The summed E-state index contributed by atoms with van der Waals surface area (Å²) in [4.78, 5) is 17.4. The molecule has 3 rings (SSSR count). The van der Waals surface area contributed by atoms with E-state index in [2.05, 4.69) is 14.9 Å². The van der Waals surface area contributed by atoms with Gasteiger partial charge in [-0.15, -0.1) is 13.2 Å². The van der Waals surface area contributed by atoms with Crippen molar-refractivity contribution in [2.75, 3.05) is 13.2 Å². The third-order valence-electron chi connectivity index (χ3n) is 5.32. The molecule has 1 fully saturated rings. The highest BCUT2D eigenvalue weighted by Gasteiger charge is 2.51. The largest absolute Gasteiger partial charge is 0.573 e. The summed E-state index contributed by atoms with van der Waals surface area (Å²) in [5.41, 5.74) is -2.14. The van der Waals surface area contributed by atoms with Crippen LogP contribution < -0.4 is 4.74 Å². The number of nitrogens with zero attached hydrogens (tertiary/aromatic N) is 2. The molecule has 2 aromatic rings. The van der Waals surface area contributed by atoms with Crippen molar-refractivity contribution >= 4 is 13.6 Å². The fraction of sp³-hybridized carbons (Fsp3) is 0.609. The third kappa shape index (κ3) is 6.86. The molecule has 1 unspecified atom stereocenters. The molecular formula is C23H30F3N2O7P. The molecule has 0 spiro atoms. The van der Waals surface area contributed by atoms with Crippen LogP contribution in [0.2, 0.25) is 0 Å². The van der Waals surface area contributed by atoms with Gasteiger partial charge in [0.2, 0.25) is 5.89 Å². The van der Waals surface area contributed by atoms with Gasteiger partial charge in [-0.3, -0.25) is 9.36 Å². The van der Waals surface area contributed by atoms with Gasteiger partial charge in [0.05, 0.1) is 18.6 Å². The molecule has 1 heterocycles. The second-order valence-corrected chi connectivity index (χ2v) is 11.5. The smallest absolute Gasteiger partial charge is 0.459 e. The van der Waals surface area contributed by atoms with Crippen molar-refractivity contribution in [3.63, 3.8) is 0 Å². The summed E-state index contributed by atoms with van der Waals surface area (Å²) in [6.07, 6.45) is -3.72. The second kappa shape index (κ2) is 10.5. The maximum Gasteiger partial charge on any atom is 0.573 e. The number of benzene rings is 1. The van der Waals surface area contributed by atoms with Crippen molar-refractivity contribution in [1.29, 1.82) is 0 Å².